The fraction of sp³-hybridized carbons (Fsp3) is 0.786. The molecule has 0 saturated carbocycles. The Balaban J connectivity index is 2.88. The summed E-state index contributed by atoms with van der Waals surface area (Å²) in [6, 6.07) is 0. The average Bonchev–Trinajstić information content (AvgIpc) is 2.15. The van der Waals surface area contributed by atoms with Crippen molar-refractivity contribution >= 4 is 0 Å². The lowest BCUT2D eigenvalue weighted by atomic mass is 10.0. The third-order valence-corrected chi connectivity index (χ3v) is 2.51. The molecule has 0 aliphatic heterocycles. The largest absolute Gasteiger partial charge is 0.103 e. The van der Waals surface area contributed by atoms with E-state index in [9.17, 15) is 0 Å². The van der Waals surface area contributed by atoms with E-state index in [1.807, 2.05) is 6.08 Å². The highest BCUT2D eigenvalue weighted by Gasteiger charge is 1.94. The van der Waals surface area contributed by atoms with Crippen molar-refractivity contribution in [3.05, 3.63) is 19.1 Å². The number of hydrogen-bond donors (Lipinski definition) is 0. The molecule has 0 aliphatic carbocycles. The third kappa shape index (κ3) is 11.7. The van der Waals surface area contributed by atoms with E-state index in [0.29, 0.717) is 0 Å². The lowest BCUT2D eigenvalue weighted by Gasteiger charge is -2.03. The highest BCUT2D eigenvalue weighted by Crippen LogP contribution is 2.11. The summed E-state index contributed by atoms with van der Waals surface area (Å²) in [4.78, 5) is 0. The van der Waals surface area contributed by atoms with Gasteiger partial charge >= 0.3 is 0 Å². The van der Waals surface area contributed by atoms with Gasteiger partial charge in [-0.05, 0) is 31.6 Å². The SMILES string of the molecule is C=CCCCCCC[CH]CCC(C)C. The van der Waals surface area contributed by atoms with Gasteiger partial charge in [0.1, 0.15) is 0 Å². The van der Waals surface area contributed by atoms with Gasteiger partial charge < -0.3 is 0 Å². The molecule has 83 valence electrons. The van der Waals surface area contributed by atoms with Crippen molar-refractivity contribution in [1.29, 1.82) is 0 Å². The molecule has 0 heterocycles. The second-order valence-electron chi connectivity index (χ2n) is 4.54. The molecule has 0 atom stereocenters. The molecular weight excluding hydrogens is 168 g/mol. The topological polar surface area (TPSA) is 0 Å². The van der Waals surface area contributed by atoms with Crippen LogP contribution in [0.25, 0.3) is 0 Å². The van der Waals surface area contributed by atoms with Crippen LogP contribution in [-0.4, -0.2) is 0 Å². The number of rotatable bonds is 10. The van der Waals surface area contributed by atoms with Crippen LogP contribution >= 0.6 is 0 Å². The fourth-order valence-electron chi connectivity index (χ4n) is 1.53. The first kappa shape index (κ1) is 13.7. The van der Waals surface area contributed by atoms with Crippen molar-refractivity contribution in [3.63, 3.8) is 0 Å². The molecule has 0 aliphatic rings. The van der Waals surface area contributed by atoms with Gasteiger partial charge in [-0.2, -0.15) is 0 Å². The van der Waals surface area contributed by atoms with Gasteiger partial charge in [0.2, 0.25) is 0 Å². The summed E-state index contributed by atoms with van der Waals surface area (Å²) in [6.07, 6.45) is 15.2. The standard InChI is InChI=1S/C14H27/c1-4-5-6-7-8-9-10-11-12-13-14(2)3/h4,11,14H,1,5-10,12-13H2,2-3H3. The van der Waals surface area contributed by atoms with Crippen molar-refractivity contribution in [2.45, 2.75) is 65.2 Å². The van der Waals surface area contributed by atoms with Crippen LogP contribution in [0, 0.1) is 12.3 Å². The molecular formula is C14H27. The molecule has 14 heavy (non-hydrogen) atoms. The Morgan fingerprint density at radius 2 is 1.57 bits per heavy atom. The number of allylic oxidation sites excluding steroid dienone is 1. The van der Waals surface area contributed by atoms with Crippen molar-refractivity contribution in [3.8, 4) is 0 Å². The van der Waals surface area contributed by atoms with E-state index in [2.05, 4.69) is 26.8 Å². The molecule has 0 spiro atoms. The summed E-state index contributed by atoms with van der Waals surface area (Å²) < 4.78 is 0. The molecule has 0 bridgehead atoms. The van der Waals surface area contributed by atoms with Gasteiger partial charge in [-0.15, -0.1) is 6.58 Å². The smallest absolute Gasteiger partial charge is 0.0353 e. The van der Waals surface area contributed by atoms with Crippen LogP contribution in [-0.2, 0) is 0 Å². The van der Waals surface area contributed by atoms with E-state index >= 15 is 0 Å². The Hall–Kier alpha value is -0.260. The van der Waals surface area contributed by atoms with E-state index in [-0.39, 0.29) is 0 Å². The number of unbranched alkanes of at least 4 members (excludes halogenated alkanes) is 7. The summed E-state index contributed by atoms with van der Waals surface area (Å²) in [7, 11) is 0. The van der Waals surface area contributed by atoms with Gasteiger partial charge in [-0.3, -0.25) is 0 Å². The van der Waals surface area contributed by atoms with Crippen LogP contribution in [0.15, 0.2) is 12.7 Å². The maximum Gasteiger partial charge on any atom is -0.0353 e. The number of hydrogen-bond acceptors (Lipinski definition) is 0. The third-order valence-electron chi connectivity index (χ3n) is 2.51. The summed E-state index contributed by atoms with van der Waals surface area (Å²) >= 11 is 0. The molecule has 0 heteroatoms. The molecule has 0 N–H and O–H groups in total. The minimum atomic E-state index is 0.860. The fourth-order valence-corrected chi connectivity index (χ4v) is 1.53. The lowest BCUT2D eigenvalue weighted by Crippen LogP contribution is -1.87. The molecule has 0 amide bonds. The average molecular weight is 195 g/mol. The monoisotopic (exact) mass is 195 g/mol. The molecule has 0 aromatic rings. The van der Waals surface area contributed by atoms with Gasteiger partial charge in [0, 0.05) is 0 Å². The van der Waals surface area contributed by atoms with Crippen LogP contribution < -0.4 is 0 Å². The van der Waals surface area contributed by atoms with E-state index in [1.165, 1.54) is 51.4 Å². The highest BCUT2D eigenvalue weighted by molar-refractivity contribution is 4.67. The van der Waals surface area contributed by atoms with E-state index in [4.69, 9.17) is 0 Å². The van der Waals surface area contributed by atoms with Gasteiger partial charge in [-0.25, -0.2) is 0 Å². The van der Waals surface area contributed by atoms with E-state index < -0.39 is 0 Å². The minimum absolute atomic E-state index is 0.860. The second kappa shape index (κ2) is 10.8. The molecule has 0 saturated heterocycles. The van der Waals surface area contributed by atoms with Crippen LogP contribution in [0.5, 0.6) is 0 Å². The van der Waals surface area contributed by atoms with Crippen LogP contribution in [0.2, 0.25) is 0 Å². The quantitative estimate of drug-likeness (QED) is 0.334. The maximum absolute atomic E-state index is 3.73. The molecule has 0 nitrogen and oxygen atoms in total. The summed E-state index contributed by atoms with van der Waals surface area (Å²) in [6.45, 7) is 8.32. The summed E-state index contributed by atoms with van der Waals surface area (Å²) in [5.41, 5.74) is 0. The maximum atomic E-state index is 3.73. The van der Waals surface area contributed by atoms with Gasteiger partial charge in [0.05, 0.1) is 0 Å². The molecule has 1 radical (unpaired) electrons. The van der Waals surface area contributed by atoms with Gasteiger partial charge in [-0.1, -0.05) is 52.0 Å². The zero-order valence-corrected chi connectivity index (χ0v) is 10.1. The van der Waals surface area contributed by atoms with E-state index in [1.54, 1.807) is 0 Å². The molecule has 0 unspecified atom stereocenters. The molecule has 0 aromatic carbocycles. The predicted octanol–water partition coefficient (Wildman–Crippen LogP) is 5.15. The van der Waals surface area contributed by atoms with E-state index in [0.717, 1.165) is 5.92 Å². The summed E-state index contributed by atoms with van der Waals surface area (Å²) in [5.74, 6) is 0.860. The van der Waals surface area contributed by atoms with Crippen molar-refractivity contribution in [2.75, 3.05) is 0 Å². The molecule has 0 rings (SSSR count). The van der Waals surface area contributed by atoms with Crippen LogP contribution in [0.4, 0.5) is 0 Å². The molecule has 0 fully saturated rings. The zero-order valence-electron chi connectivity index (χ0n) is 10.1. The highest BCUT2D eigenvalue weighted by atomic mass is 14.0. The van der Waals surface area contributed by atoms with Gasteiger partial charge in [0.25, 0.3) is 0 Å². The first-order valence-electron chi connectivity index (χ1n) is 6.20. The Kier molecular flexibility index (Phi) is 10.6. The van der Waals surface area contributed by atoms with Gasteiger partial charge in [0.15, 0.2) is 0 Å². The zero-order chi connectivity index (χ0) is 10.6. The first-order valence-corrected chi connectivity index (χ1v) is 6.20. The Labute approximate surface area is 90.8 Å². The van der Waals surface area contributed by atoms with Crippen LogP contribution in [0.3, 0.4) is 0 Å². The van der Waals surface area contributed by atoms with Crippen molar-refractivity contribution in [2.24, 2.45) is 5.92 Å². The second-order valence-corrected chi connectivity index (χ2v) is 4.54. The Bertz CT molecular complexity index is 113. The normalized spacial score (nSPS) is 10.8. The Morgan fingerprint density at radius 3 is 2.14 bits per heavy atom. The molecule has 0 aromatic heterocycles. The Morgan fingerprint density at radius 1 is 0.929 bits per heavy atom. The lowest BCUT2D eigenvalue weighted by molar-refractivity contribution is 0.563. The first-order chi connectivity index (χ1) is 6.77. The summed E-state index contributed by atoms with van der Waals surface area (Å²) in [5, 5.41) is 0. The predicted molar refractivity (Wildman–Crippen MR) is 66.3 cm³/mol. The van der Waals surface area contributed by atoms with Crippen molar-refractivity contribution < 1.29 is 0 Å². The minimum Gasteiger partial charge on any atom is -0.103 e. The van der Waals surface area contributed by atoms with Crippen LogP contribution in [0.1, 0.15) is 65.2 Å². The van der Waals surface area contributed by atoms with Crippen molar-refractivity contribution in [1.82, 2.24) is 0 Å².